The molecule has 0 spiro atoms. The normalized spacial score (nSPS) is 15.0. The molecule has 26 heavy (non-hydrogen) atoms. The first kappa shape index (κ1) is 18.1. The van der Waals surface area contributed by atoms with E-state index in [2.05, 4.69) is 31.6 Å². The number of aromatic nitrogens is 1. The third-order valence-corrected chi connectivity index (χ3v) is 4.22. The predicted molar refractivity (Wildman–Crippen MR) is 101 cm³/mol. The number of guanidine groups is 1. The van der Waals surface area contributed by atoms with Crippen LogP contribution < -0.4 is 15.5 Å². The van der Waals surface area contributed by atoms with Crippen molar-refractivity contribution in [2.75, 3.05) is 38.3 Å². The van der Waals surface area contributed by atoms with Crippen molar-refractivity contribution < 1.29 is 9.13 Å². The van der Waals surface area contributed by atoms with Crippen LogP contribution in [-0.4, -0.2) is 44.3 Å². The van der Waals surface area contributed by atoms with Gasteiger partial charge in [0.05, 0.1) is 13.2 Å². The first-order valence-corrected chi connectivity index (χ1v) is 8.72. The fraction of sp³-hybridized carbons (Fsp3) is 0.368. The van der Waals surface area contributed by atoms with Crippen LogP contribution in [0.1, 0.15) is 11.1 Å². The van der Waals surface area contributed by atoms with Crippen LogP contribution >= 0.6 is 0 Å². The summed E-state index contributed by atoms with van der Waals surface area (Å²) in [6, 6.07) is 10.4. The molecular weight excluding hydrogens is 333 g/mol. The molecule has 0 radical (unpaired) electrons. The van der Waals surface area contributed by atoms with E-state index in [4.69, 9.17) is 4.74 Å². The highest BCUT2D eigenvalue weighted by atomic mass is 19.1. The van der Waals surface area contributed by atoms with E-state index >= 15 is 0 Å². The second kappa shape index (κ2) is 9.15. The molecule has 0 unspecified atom stereocenters. The summed E-state index contributed by atoms with van der Waals surface area (Å²) in [5, 5.41) is 6.55. The zero-order chi connectivity index (χ0) is 18.2. The van der Waals surface area contributed by atoms with Gasteiger partial charge in [-0.15, -0.1) is 0 Å². The van der Waals surface area contributed by atoms with Crippen molar-refractivity contribution in [3.63, 3.8) is 0 Å². The molecule has 0 aliphatic carbocycles. The number of hydrogen-bond acceptors (Lipinski definition) is 4. The van der Waals surface area contributed by atoms with E-state index in [9.17, 15) is 4.39 Å². The van der Waals surface area contributed by atoms with Gasteiger partial charge in [-0.1, -0.05) is 18.2 Å². The maximum Gasteiger partial charge on any atom is 0.191 e. The molecule has 6 nitrogen and oxygen atoms in total. The zero-order valence-corrected chi connectivity index (χ0v) is 14.9. The molecule has 1 aliphatic rings. The number of halogens is 1. The number of aliphatic imine (C=N–C) groups is 1. The first-order valence-electron chi connectivity index (χ1n) is 8.72. The Bertz CT molecular complexity index is 729. The molecule has 7 heteroatoms. The number of benzene rings is 1. The Balaban J connectivity index is 1.57. The van der Waals surface area contributed by atoms with Gasteiger partial charge in [-0.3, -0.25) is 4.99 Å². The van der Waals surface area contributed by atoms with E-state index < -0.39 is 0 Å². The maximum atomic E-state index is 13.0. The lowest BCUT2D eigenvalue weighted by atomic mass is 10.2. The Morgan fingerprint density at radius 2 is 1.88 bits per heavy atom. The number of anilines is 1. The molecule has 1 aromatic carbocycles. The first-order chi connectivity index (χ1) is 12.8. The Hall–Kier alpha value is -2.67. The molecule has 2 N–H and O–H groups in total. The third-order valence-electron chi connectivity index (χ3n) is 4.22. The summed E-state index contributed by atoms with van der Waals surface area (Å²) in [4.78, 5) is 11.0. The van der Waals surface area contributed by atoms with Crippen LogP contribution in [0.3, 0.4) is 0 Å². The molecule has 2 aromatic rings. The van der Waals surface area contributed by atoms with Gasteiger partial charge in [-0.2, -0.15) is 0 Å². The van der Waals surface area contributed by atoms with Crippen molar-refractivity contribution in [2.45, 2.75) is 13.1 Å². The van der Waals surface area contributed by atoms with E-state index in [0.29, 0.717) is 19.0 Å². The topological polar surface area (TPSA) is 61.8 Å². The SMILES string of the molecule is CN=C(NCc1ccc(F)cc1)NCc1cccnc1N1CCOCC1. The van der Waals surface area contributed by atoms with Crippen LogP contribution in [0, 0.1) is 5.82 Å². The molecular formula is C19H24FN5O. The Morgan fingerprint density at radius 3 is 2.62 bits per heavy atom. The largest absolute Gasteiger partial charge is 0.378 e. The molecule has 1 fully saturated rings. The van der Waals surface area contributed by atoms with Gasteiger partial charge in [-0.25, -0.2) is 9.37 Å². The number of ether oxygens (including phenoxy) is 1. The summed E-state index contributed by atoms with van der Waals surface area (Å²) in [7, 11) is 1.73. The highest BCUT2D eigenvalue weighted by Crippen LogP contribution is 2.18. The van der Waals surface area contributed by atoms with Crippen molar-refractivity contribution in [1.82, 2.24) is 15.6 Å². The molecule has 1 aromatic heterocycles. The average Bonchev–Trinajstić information content (AvgIpc) is 2.70. The molecule has 0 saturated carbocycles. The van der Waals surface area contributed by atoms with Gasteiger partial charge in [0.2, 0.25) is 0 Å². The lowest BCUT2D eigenvalue weighted by molar-refractivity contribution is 0.122. The van der Waals surface area contributed by atoms with Crippen molar-refractivity contribution >= 4 is 11.8 Å². The van der Waals surface area contributed by atoms with Crippen molar-refractivity contribution in [1.29, 1.82) is 0 Å². The van der Waals surface area contributed by atoms with Crippen LogP contribution in [0.5, 0.6) is 0 Å². The van der Waals surface area contributed by atoms with Gasteiger partial charge in [0.15, 0.2) is 5.96 Å². The summed E-state index contributed by atoms with van der Waals surface area (Å²) in [6.45, 7) is 4.34. The van der Waals surface area contributed by atoms with E-state index in [1.807, 2.05) is 12.3 Å². The summed E-state index contributed by atoms with van der Waals surface area (Å²) in [6.07, 6.45) is 1.82. The molecule has 0 amide bonds. The van der Waals surface area contributed by atoms with Gasteiger partial charge in [0, 0.05) is 45.0 Å². The maximum absolute atomic E-state index is 13.0. The Morgan fingerprint density at radius 1 is 1.15 bits per heavy atom. The zero-order valence-electron chi connectivity index (χ0n) is 14.9. The fourth-order valence-electron chi connectivity index (χ4n) is 2.82. The van der Waals surface area contributed by atoms with Crippen LogP contribution in [0.4, 0.5) is 10.2 Å². The van der Waals surface area contributed by atoms with Crippen LogP contribution in [0.2, 0.25) is 0 Å². The van der Waals surface area contributed by atoms with E-state index in [1.165, 1.54) is 12.1 Å². The number of hydrogen-bond donors (Lipinski definition) is 2. The lowest BCUT2D eigenvalue weighted by Crippen LogP contribution is -2.39. The van der Waals surface area contributed by atoms with E-state index in [0.717, 1.165) is 43.2 Å². The second-order valence-corrected chi connectivity index (χ2v) is 5.99. The molecule has 0 bridgehead atoms. The van der Waals surface area contributed by atoms with Gasteiger partial charge in [0.25, 0.3) is 0 Å². The van der Waals surface area contributed by atoms with Gasteiger partial charge < -0.3 is 20.3 Å². The standard InChI is InChI=1S/C19H24FN5O/c1-21-19(23-13-15-4-6-17(20)7-5-15)24-14-16-3-2-8-22-18(16)25-9-11-26-12-10-25/h2-8H,9-14H2,1H3,(H2,21,23,24). The van der Waals surface area contributed by atoms with Crippen molar-refractivity contribution in [3.8, 4) is 0 Å². The van der Waals surface area contributed by atoms with Gasteiger partial charge in [-0.05, 0) is 23.8 Å². The van der Waals surface area contributed by atoms with Crippen LogP contribution in [0.25, 0.3) is 0 Å². The van der Waals surface area contributed by atoms with E-state index in [1.54, 1.807) is 19.2 Å². The monoisotopic (exact) mass is 357 g/mol. The smallest absolute Gasteiger partial charge is 0.191 e. The summed E-state index contributed by atoms with van der Waals surface area (Å²) in [5.74, 6) is 1.44. The molecule has 1 aliphatic heterocycles. The molecule has 1 saturated heterocycles. The Labute approximate surface area is 153 Å². The number of morpholine rings is 1. The Kier molecular flexibility index (Phi) is 6.38. The average molecular weight is 357 g/mol. The molecule has 2 heterocycles. The number of nitrogens with one attached hydrogen (secondary N) is 2. The molecule has 138 valence electrons. The molecule has 0 atom stereocenters. The highest BCUT2D eigenvalue weighted by molar-refractivity contribution is 5.79. The minimum absolute atomic E-state index is 0.233. The fourth-order valence-corrected chi connectivity index (χ4v) is 2.82. The second-order valence-electron chi connectivity index (χ2n) is 5.99. The number of pyridine rings is 1. The van der Waals surface area contributed by atoms with Crippen LogP contribution in [0.15, 0.2) is 47.6 Å². The highest BCUT2D eigenvalue weighted by Gasteiger charge is 2.15. The number of rotatable bonds is 5. The van der Waals surface area contributed by atoms with Gasteiger partial charge in [0.1, 0.15) is 11.6 Å². The minimum atomic E-state index is -0.233. The van der Waals surface area contributed by atoms with Gasteiger partial charge >= 0.3 is 0 Å². The summed E-state index contributed by atoms with van der Waals surface area (Å²) >= 11 is 0. The third kappa shape index (κ3) is 4.92. The lowest BCUT2D eigenvalue weighted by Gasteiger charge is -2.29. The van der Waals surface area contributed by atoms with Crippen molar-refractivity contribution in [3.05, 3.63) is 59.5 Å². The van der Waals surface area contributed by atoms with E-state index in [-0.39, 0.29) is 5.82 Å². The number of nitrogens with zero attached hydrogens (tertiary/aromatic N) is 3. The quantitative estimate of drug-likeness (QED) is 0.632. The predicted octanol–water partition coefficient (Wildman–Crippen LogP) is 1.92. The minimum Gasteiger partial charge on any atom is -0.378 e. The van der Waals surface area contributed by atoms with Crippen molar-refractivity contribution in [2.24, 2.45) is 4.99 Å². The van der Waals surface area contributed by atoms with Crippen LogP contribution in [-0.2, 0) is 17.8 Å². The molecule has 3 rings (SSSR count). The summed E-state index contributed by atoms with van der Waals surface area (Å²) in [5.41, 5.74) is 2.10. The summed E-state index contributed by atoms with van der Waals surface area (Å²) < 4.78 is 18.4.